The topological polar surface area (TPSA) is 67.9 Å². The maximum atomic E-state index is 13.5. The zero-order chi connectivity index (χ0) is 26.4. The van der Waals surface area contributed by atoms with Crippen molar-refractivity contribution in [2.24, 2.45) is 0 Å². The lowest BCUT2D eigenvalue weighted by molar-refractivity contribution is -0.145. The third-order valence-corrected chi connectivity index (χ3v) is 7.54. The van der Waals surface area contributed by atoms with Crippen LogP contribution in [0.2, 0.25) is 0 Å². The number of nitrogens with zero attached hydrogens (tertiary/aromatic N) is 3. The quantitative estimate of drug-likeness (QED) is 0.375. The van der Waals surface area contributed by atoms with E-state index >= 15 is 0 Å². The molecular weight excluding hydrogens is 482 g/mol. The van der Waals surface area contributed by atoms with Gasteiger partial charge in [0.05, 0.1) is 13.1 Å². The van der Waals surface area contributed by atoms with Gasteiger partial charge in [0.15, 0.2) is 0 Å². The highest BCUT2D eigenvalue weighted by Gasteiger charge is 2.27. The van der Waals surface area contributed by atoms with E-state index in [0.29, 0.717) is 32.2 Å². The maximum Gasteiger partial charge on any atom is 0.256 e. The molecule has 0 aliphatic carbocycles. The molecular formula is C29H37N5O2S. The van der Waals surface area contributed by atoms with Gasteiger partial charge in [-0.3, -0.25) is 14.6 Å². The normalized spacial score (nSPS) is 13.0. The van der Waals surface area contributed by atoms with Crippen molar-refractivity contribution in [2.45, 2.75) is 39.9 Å². The highest BCUT2D eigenvalue weighted by atomic mass is 32.1. The monoisotopic (exact) mass is 519 g/mol. The van der Waals surface area contributed by atoms with Crippen LogP contribution in [0.4, 0.5) is 5.69 Å². The van der Waals surface area contributed by atoms with Crippen molar-refractivity contribution in [3.05, 3.63) is 76.7 Å². The number of anilines is 1. The minimum absolute atomic E-state index is 0.0528. The fraction of sp³-hybridized carbons (Fsp3) is 0.379. The first kappa shape index (κ1) is 26.9. The zero-order valence-electron chi connectivity index (χ0n) is 22.2. The van der Waals surface area contributed by atoms with Gasteiger partial charge < -0.3 is 15.5 Å². The summed E-state index contributed by atoms with van der Waals surface area (Å²) in [5, 5.41) is 12.1. The Bertz CT molecular complexity index is 1190. The summed E-state index contributed by atoms with van der Waals surface area (Å²) in [4.78, 5) is 29.5. The average molecular weight is 520 g/mol. The number of hydrazine groups is 1. The molecule has 2 aromatic carbocycles. The molecule has 0 atom stereocenters. The molecule has 3 aromatic rings. The number of nitrogens with one attached hydrogen (secondary N) is 2. The lowest BCUT2D eigenvalue weighted by Gasteiger charge is -2.32. The van der Waals surface area contributed by atoms with Gasteiger partial charge in [-0.15, -0.1) is 11.3 Å². The Morgan fingerprint density at radius 2 is 1.73 bits per heavy atom. The molecule has 0 spiro atoms. The molecule has 37 heavy (non-hydrogen) atoms. The van der Waals surface area contributed by atoms with Crippen molar-refractivity contribution in [1.82, 2.24) is 20.7 Å². The van der Waals surface area contributed by atoms with Gasteiger partial charge in [0, 0.05) is 49.8 Å². The molecule has 2 N–H and O–H groups in total. The summed E-state index contributed by atoms with van der Waals surface area (Å²) >= 11 is 1.68. The number of aryl methyl sites for hydroxylation is 1. The van der Waals surface area contributed by atoms with Crippen LogP contribution >= 0.6 is 11.3 Å². The molecule has 4 rings (SSSR count). The maximum absolute atomic E-state index is 13.5. The number of fused-ring (bicyclic) bond motifs is 1. The Morgan fingerprint density at radius 3 is 2.38 bits per heavy atom. The average Bonchev–Trinajstić information content (AvgIpc) is 3.56. The molecule has 0 bridgehead atoms. The first-order valence-electron chi connectivity index (χ1n) is 12.8. The number of likely N-dealkylation sites (N-methyl/N-ethyl adjacent to an activating group) is 1. The van der Waals surface area contributed by atoms with Crippen LogP contribution in [0.3, 0.4) is 0 Å². The fourth-order valence-electron chi connectivity index (χ4n) is 4.52. The van der Waals surface area contributed by atoms with Crippen LogP contribution < -0.4 is 15.5 Å². The minimum atomic E-state index is -0.101. The minimum Gasteiger partial charge on any atom is -0.353 e. The SMILES string of the molecule is Cc1ccc(-c2cccs2)cc1N(CC(=O)NCCNC(C)C)CC(=O)N(C)N1Cc2ccccc2C1. The summed E-state index contributed by atoms with van der Waals surface area (Å²) in [7, 11) is 1.82. The first-order valence-corrected chi connectivity index (χ1v) is 13.7. The zero-order valence-corrected chi connectivity index (χ0v) is 23.0. The standard InChI is InChI=1S/C29H37N5O2S/c1-21(2)30-13-14-31-28(35)19-33(26-16-23(12-11-22(26)3)27-10-7-15-37-27)20-29(36)32(4)34-17-24-8-5-6-9-25(24)18-34/h5-12,15-16,21,30H,13-14,17-20H2,1-4H3,(H,31,35). The largest absolute Gasteiger partial charge is 0.353 e. The first-order chi connectivity index (χ1) is 17.8. The van der Waals surface area contributed by atoms with E-state index in [1.807, 2.05) is 37.1 Å². The highest BCUT2D eigenvalue weighted by molar-refractivity contribution is 7.13. The fourth-order valence-corrected chi connectivity index (χ4v) is 5.24. The van der Waals surface area contributed by atoms with Crippen LogP contribution in [0.15, 0.2) is 60.0 Å². The van der Waals surface area contributed by atoms with E-state index in [9.17, 15) is 9.59 Å². The number of carbonyl (C=O) groups excluding carboxylic acids is 2. The summed E-state index contributed by atoms with van der Waals surface area (Å²) in [6, 6.07) is 19.0. The van der Waals surface area contributed by atoms with Crippen LogP contribution in [-0.4, -0.2) is 61.1 Å². The van der Waals surface area contributed by atoms with Crippen molar-refractivity contribution in [3.63, 3.8) is 0 Å². The Morgan fingerprint density at radius 1 is 1.00 bits per heavy atom. The van der Waals surface area contributed by atoms with Crippen molar-refractivity contribution in [2.75, 3.05) is 38.1 Å². The van der Waals surface area contributed by atoms with Crippen LogP contribution in [0, 0.1) is 6.92 Å². The number of thiophene rings is 1. The van der Waals surface area contributed by atoms with E-state index in [4.69, 9.17) is 0 Å². The Labute approximate surface area is 224 Å². The molecule has 7 nitrogen and oxygen atoms in total. The van der Waals surface area contributed by atoms with Crippen molar-refractivity contribution < 1.29 is 9.59 Å². The second-order valence-electron chi connectivity index (χ2n) is 9.80. The predicted molar refractivity (Wildman–Crippen MR) is 151 cm³/mol. The summed E-state index contributed by atoms with van der Waals surface area (Å²) in [6.07, 6.45) is 0. The number of rotatable bonds is 11. The second kappa shape index (κ2) is 12.4. The molecule has 1 aliphatic heterocycles. The van der Waals surface area contributed by atoms with E-state index < -0.39 is 0 Å². The lowest BCUT2D eigenvalue weighted by atomic mass is 10.1. The molecule has 0 saturated heterocycles. The molecule has 0 radical (unpaired) electrons. The Kier molecular flexibility index (Phi) is 8.97. The Balaban J connectivity index is 1.50. The number of carbonyl (C=O) groups is 2. The molecule has 8 heteroatoms. The van der Waals surface area contributed by atoms with E-state index in [0.717, 1.165) is 21.7 Å². The summed E-state index contributed by atoms with van der Waals surface area (Å²) in [5.41, 5.74) is 5.49. The van der Waals surface area contributed by atoms with Gasteiger partial charge >= 0.3 is 0 Å². The predicted octanol–water partition coefficient (Wildman–Crippen LogP) is 4.03. The number of amides is 2. The Hall–Kier alpha value is -3.20. The van der Waals surface area contributed by atoms with Gasteiger partial charge in [-0.05, 0) is 46.7 Å². The van der Waals surface area contributed by atoms with Crippen LogP contribution in [0.5, 0.6) is 0 Å². The molecule has 2 heterocycles. The lowest BCUT2D eigenvalue weighted by Crippen LogP contribution is -2.48. The van der Waals surface area contributed by atoms with Gasteiger partial charge in [0.2, 0.25) is 5.91 Å². The smallest absolute Gasteiger partial charge is 0.256 e. The van der Waals surface area contributed by atoms with Gasteiger partial charge in [0.25, 0.3) is 5.91 Å². The molecule has 196 valence electrons. The molecule has 0 saturated carbocycles. The third-order valence-electron chi connectivity index (χ3n) is 6.63. The van der Waals surface area contributed by atoms with Gasteiger partial charge in [-0.2, -0.15) is 0 Å². The molecule has 1 aromatic heterocycles. The van der Waals surface area contributed by atoms with Crippen molar-refractivity contribution >= 4 is 28.8 Å². The van der Waals surface area contributed by atoms with Gasteiger partial charge in [-0.25, -0.2) is 5.01 Å². The highest BCUT2D eigenvalue weighted by Crippen LogP contribution is 2.31. The van der Waals surface area contributed by atoms with Crippen molar-refractivity contribution in [1.29, 1.82) is 0 Å². The number of hydrogen-bond acceptors (Lipinski definition) is 6. The second-order valence-corrected chi connectivity index (χ2v) is 10.7. The van der Waals surface area contributed by atoms with Crippen LogP contribution in [0.1, 0.15) is 30.5 Å². The van der Waals surface area contributed by atoms with Crippen molar-refractivity contribution in [3.8, 4) is 10.4 Å². The third kappa shape index (κ3) is 6.97. The summed E-state index contributed by atoms with van der Waals surface area (Å²) < 4.78 is 0. The van der Waals surface area contributed by atoms with E-state index in [-0.39, 0.29) is 24.9 Å². The van der Waals surface area contributed by atoms with Gasteiger partial charge in [-0.1, -0.05) is 56.3 Å². The van der Waals surface area contributed by atoms with Gasteiger partial charge in [0.1, 0.15) is 0 Å². The van der Waals surface area contributed by atoms with E-state index in [1.54, 1.807) is 16.3 Å². The van der Waals surface area contributed by atoms with E-state index in [1.165, 1.54) is 11.1 Å². The van der Waals surface area contributed by atoms with E-state index in [2.05, 4.69) is 71.3 Å². The summed E-state index contributed by atoms with van der Waals surface area (Å²) in [5.74, 6) is -0.154. The molecule has 0 fully saturated rings. The molecule has 0 unspecified atom stereocenters. The summed E-state index contributed by atoms with van der Waals surface area (Å²) in [6.45, 7) is 9.04. The molecule has 2 amide bonds. The van der Waals surface area contributed by atoms with Crippen LogP contribution in [0.25, 0.3) is 10.4 Å². The van der Waals surface area contributed by atoms with Crippen LogP contribution in [-0.2, 0) is 22.7 Å². The number of hydrogen-bond donors (Lipinski definition) is 2. The number of benzene rings is 2. The molecule has 1 aliphatic rings.